The Labute approximate surface area is 106 Å². The quantitative estimate of drug-likeness (QED) is 0.756. The van der Waals surface area contributed by atoms with Gasteiger partial charge in [0.15, 0.2) is 0 Å². The summed E-state index contributed by atoms with van der Waals surface area (Å²) in [6.45, 7) is 1.47. The van der Waals surface area contributed by atoms with Gasteiger partial charge in [-0.05, 0) is 29.3 Å². The number of carbonyl (C=O) groups excluding carboxylic acids is 1. The Bertz CT molecular complexity index is 572. The molecular weight excluding hydrogens is 226 g/mol. The number of benzene rings is 1. The van der Waals surface area contributed by atoms with Crippen LogP contribution >= 0.6 is 0 Å². The molecule has 0 saturated carbocycles. The van der Waals surface area contributed by atoms with E-state index in [9.17, 15) is 4.79 Å². The summed E-state index contributed by atoms with van der Waals surface area (Å²) < 4.78 is 7.42. The van der Waals surface area contributed by atoms with Gasteiger partial charge in [0.25, 0.3) is 0 Å². The number of esters is 1. The van der Waals surface area contributed by atoms with Crippen molar-refractivity contribution in [1.29, 1.82) is 0 Å². The van der Waals surface area contributed by atoms with Gasteiger partial charge in [0.2, 0.25) is 0 Å². The first-order chi connectivity index (χ1) is 8.74. The Morgan fingerprint density at radius 1 is 1.22 bits per heavy atom. The van der Waals surface area contributed by atoms with E-state index in [1.54, 1.807) is 0 Å². The van der Waals surface area contributed by atoms with Gasteiger partial charge in [-0.2, -0.15) is 0 Å². The molecule has 0 radical (unpaired) electrons. The number of hydrogen-bond donors (Lipinski definition) is 0. The van der Waals surface area contributed by atoms with Crippen molar-refractivity contribution in [2.45, 2.75) is 25.9 Å². The number of ether oxygens (including phenoxy) is 1. The van der Waals surface area contributed by atoms with E-state index in [1.807, 2.05) is 24.5 Å². The third-order valence-corrected chi connectivity index (χ3v) is 3.34. The van der Waals surface area contributed by atoms with Crippen molar-refractivity contribution in [1.82, 2.24) is 4.57 Å². The van der Waals surface area contributed by atoms with Crippen LogP contribution < -0.4 is 0 Å². The predicted octanol–water partition coefficient (Wildman–Crippen LogP) is 2.51. The molecule has 1 atom stereocenters. The Balaban J connectivity index is 1.94. The maximum absolute atomic E-state index is 11.0. The zero-order chi connectivity index (χ0) is 12.5. The van der Waals surface area contributed by atoms with Crippen LogP contribution in [0.1, 0.15) is 18.1 Å². The maximum atomic E-state index is 11.0. The molecule has 0 spiro atoms. The standard InChI is InChI=1S/C15H15NO2/c1-11(17)18-13-9-12-5-4-6-15(14(12)10-13)16-7-2-3-8-16/h2-8,13H,9-10H2,1H3. The Morgan fingerprint density at radius 2 is 2.00 bits per heavy atom. The zero-order valence-electron chi connectivity index (χ0n) is 10.3. The summed E-state index contributed by atoms with van der Waals surface area (Å²) in [5.74, 6) is -0.199. The molecule has 0 saturated heterocycles. The fourth-order valence-electron chi connectivity index (χ4n) is 2.65. The van der Waals surface area contributed by atoms with Gasteiger partial charge in [-0.3, -0.25) is 4.79 Å². The van der Waals surface area contributed by atoms with Gasteiger partial charge >= 0.3 is 5.97 Å². The molecule has 1 aromatic heterocycles. The normalized spacial score (nSPS) is 17.5. The highest BCUT2D eigenvalue weighted by atomic mass is 16.5. The molecule has 0 amide bonds. The lowest BCUT2D eigenvalue weighted by atomic mass is 10.1. The van der Waals surface area contributed by atoms with Gasteiger partial charge in [0.05, 0.1) is 0 Å². The number of hydrogen-bond acceptors (Lipinski definition) is 2. The second kappa shape index (κ2) is 4.33. The molecule has 3 rings (SSSR count). The first kappa shape index (κ1) is 11.1. The molecule has 92 valence electrons. The monoisotopic (exact) mass is 241 g/mol. The number of nitrogens with zero attached hydrogens (tertiary/aromatic N) is 1. The van der Waals surface area contributed by atoms with Crippen molar-refractivity contribution < 1.29 is 9.53 Å². The van der Waals surface area contributed by atoms with Gasteiger partial charge in [0, 0.05) is 37.8 Å². The van der Waals surface area contributed by atoms with Crippen LogP contribution in [-0.2, 0) is 22.4 Å². The number of rotatable bonds is 2. The second-order valence-electron chi connectivity index (χ2n) is 4.64. The van der Waals surface area contributed by atoms with Gasteiger partial charge in [-0.25, -0.2) is 0 Å². The molecule has 0 fully saturated rings. The summed E-state index contributed by atoms with van der Waals surface area (Å²) in [5.41, 5.74) is 3.76. The molecule has 1 unspecified atom stereocenters. The average molecular weight is 241 g/mol. The lowest BCUT2D eigenvalue weighted by molar-refractivity contribution is -0.145. The van der Waals surface area contributed by atoms with Crippen molar-refractivity contribution in [3.8, 4) is 5.69 Å². The van der Waals surface area contributed by atoms with Crippen LogP contribution in [0.25, 0.3) is 5.69 Å². The van der Waals surface area contributed by atoms with Crippen LogP contribution in [-0.4, -0.2) is 16.6 Å². The third kappa shape index (κ3) is 1.92. The molecule has 1 aliphatic rings. The van der Waals surface area contributed by atoms with E-state index in [-0.39, 0.29) is 12.1 Å². The lowest BCUT2D eigenvalue weighted by Gasteiger charge is -2.10. The van der Waals surface area contributed by atoms with Crippen LogP contribution in [0.5, 0.6) is 0 Å². The Kier molecular flexibility index (Phi) is 2.67. The number of carbonyl (C=O) groups is 1. The van der Waals surface area contributed by atoms with E-state index in [1.165, 1.54) is 23.7 Å². The van der Waals surface area contributed by atoms with Gasteiger partial charge in [-0.1, -0.05) is 12.1 Å². The summed E-state index contributed by atoms with van der Waals surface area (Å²) in [5, 5.41) is 0. The largest absolute Gasteiger partial charge is 0.462 e. The molecule has 18 heavy (non-hydrogen) atoms. The van der Waals surface area contributed by atoms with Crippen molar-refractivity contribution >= 4 is 5.97 Å². The summed E-state index contributed by atoms with van der Waals surface area (Å²) >= 11 is 0. The Morgan fingerprint density at radius 3 is 2.72 bits per heavy atom. The van der Waals surface area contributed by atoms with Crippen molar-refractivity contribution in [2.24, 2.45) is 0 Å². The molecule has 1 aliphatic carbocycles. The maximum Gasteiger partial charge on any atom is 0.302 e. The second-order valence-corrected chi connectivity index (χ2v) is 4.64. The van der Waals surface area contributed by atoms with E-state index in [4.69, 9.17) is 4.74 Å². The molecule has 1 heterocycles. The molecule has 3 heteroatoms. The van der Waals surface area contributed by atoms with E-state index in [0.717, 1.165) is 12.8 Å². The molecular formula is C15H15NO2. The van der Waals surface area contributed by atoms with Gasteiger partial charge < -0.3 is 9.30 Å². The van der Waals surface area contributed by atoms with Crippen LogP contribution in [0, 0.1) is 0 Å². The van der Waals surface area contributed by atoms with Crippen molar-refractivity contribution in [2.75, 3.05) is 0 Å². The average Bonchev–Trinajstić information content (AvgIpc) is 2.94. The SMILES string of the molecule is CC(=O)OC1Cc2cccc(-n3cccc3)c2C1. The van der Waals surface area contributed by atoms with Gasteiger partial charge in [0.1, 0.15) is 6.10 Å². The molecule has 1 aromatic carbocycles. The summed E-state index contributed by atoms with van der Waals surface area (Å²) in [6.07, 6.45) is 5.70. The highest BCUT2D eigenvalue weighted by Gasteiger charge is 2.26. The predicted molar refractivity (Wildman–Crippen MR) is 68.7 cm³/mol. The first-order valence-electron chi connectivity index (χ1n) is 6.15. The summed E-state index contributed by atoms with van der Waals surface area (Å²) in [4.78, 5) is 11.0. The third-order valence-electron chi connectivity index (χ3n) is 3.34. The van der Waals surface area contributed by atoms with Crippen molar-refractivity contribution in [3.05, 3.63) is 53.9 Å². The van der Waals surface area contributed by atoms with Crippen LogP contribution in [0.2, 0.25) is 0 Å². The smallest absolute Gasteiger partial charge is 0.302 e. The van der Waals surface area contributed by atoms with E-state index < -0.39 is 0 Å². The molecule has 0 bridgehead atoms. The summed E-state index contributed by atoms with van der Waals surface area (Å²) in [7, 11) is 0. The van der Waals surface area contributed by atoms with Crippen LogP contribution in [0.4, 0.5) is 0 Å². The minimum Gasteiger partial charge on any atom is -0.462 e. The molecule has 3 nitrogen and oxygen atoms in total. The van der Waals surface area contributed by atoms with Gasteiger partial charge in [-0.15, -0.1) is 0 Å². The molecule has 2 aromatic rings. The van der Waals surface area contributed by atoms with Crippen LogP contribution in [0.3, 0.4) is 0 Å². The highest BCUT2D eigenvalue weighted by Crippen LogP contribution is 2.29. The van der Waals surface area contributed by atoms with E-state index in [0.29, 0.717) is 0 Å². The summed E-state index contributed by atoms with van der Waals surface area (Å²) in [6, 6.07) is 10.3. The lowest BCUT2D eigenvalue weighted by Crippen LogP contribution is -2.16. The van der Waals surface area contributed by atoms with Crippen LogP contribution in [0.15, 0.2) is 42.7 Å². The minimum absolute atomic E-state index is 0.00536. The number of aromatic nitrogens is 1. The fourth-order valence-corrected chi connectivity index (χ4v) is 2.65. The molecule has 0 aliphatic heterocycles. The van der Waals surface area contributed by atoms with Crippen molar-refractivity contribution in [3.63, 3.8) is 0 Å². The zero-order valence-corrected chi connectivity index (χ0v) is 10.3. The topological polar surface area (TPSA) is 31.2 Å². The van der Waals surface area contributed by atoms with E-state index in [2.05, 4.69) is 22.8 Å². The fraction of sp³-hybridized carbons (Fsp3) is 0.267. The Hall–Kier alpha value is -2.03. The molecule has 0 N–H and O–H groups in total. The minimum atomic E-state index is -0.199. The van der Waals surface area contributed by atoms with E-state index >= 15 is 0 Å². The number of fused-ring (bicyclic) bond motifs is 1. The first-order valence-corrected chi connectivity index (χ1v) is 6.15. The highest BCUT2D eigenvalue weighted by molar-refractivity contribution is 5.66.